The van der Waals surface area contributed by atoms with Gasteiger partial charge >= 0.3 is 0 Å². The smallest absolute Gasteiger partial charge is 0.247 e. The number of benzene rings is 2. The summed E-state index contributed by atoms with van der Waals surface area (Å²) < 4.78 is 55.8. The molecule has 7 nitrogen and oxygen atoms in total. The summed E-state index contributed by atoms with van der Waals surface area (Å²) in [4.78, 5) is 20.7. The lowest BCUT2D eigenvalue weighted by Gasteiger charge is -2.20. The van der Waals surface area contributed by atoms with E-state index in [0.717, 1.165) is 23.2 Å². The second-order valence-corrected chi connectivity index (χ2v) is 8.53. The molecule has 1 amide bonds. The molecule has 0 aliphatic heterocycles. The highest BCUT2D eigenvalue weighted by molar-refractivity contribution is 6.31. The maximum atomic E-state index is 14.2. The van der Waals surface area contributed by atoms with E-state index in [0.29, 0.717) is 22.8 Å². The predicted octanol–water partition coefficient (Wildman–Crippen LogP) is 5.64. The Labute approximate surface area is 211 Å². The number of carbonyl (C=O) groups excluding carboxylic acids is 1. The summed E-state index contributed by atoms with van der Waals surface area (Å²) in [5.74, 6) is -0.727. The van der Waals surface area contributed by atoms with Crippen molar-refractivity contribution in [1.82, 2.24) is 25.1 Å². The number of carbonyl (C=O) groups is 1. The Morgan fingerprint density at radius 2 is 2.06 bits per heavy atom. The van der Waals surface area contributed by atoms with Gasteiger partial charge in [0.05, 0.1) is 24.5 Å². The number of nitrogens with zero attached hydrogens (tertiary/aromatic N) is 4. The average Bonchev–Trinajstić information content (AvgIpc) is 3.22. The van der Waals surface area contributed by atoms with Gasteiger partial charge in [-0.05, 0) is 50.6 Å². The maximum absolute atomic E-state index is 14.2. The van der Waals surface area contributed by atoms with E-state index in [-0.39, 0.29) is 22.8 Å². The number of ether oxygens (including phenoxy) is 1. The molecule has 0 bridgehead atoms. The number of fused-ring (bicyclic) bond motifs is 1. The van der Waals surface area contributed by atoms with Crippen molar-refractivity contribution >= 4 is 28.4 Å². The molecule has 36 heavy (non-hydrogen) atoms. The minimum atomic E-state index is -2.89. The molecule has 2 aromatic heterocycles. The molecule has 0 aliphatic carbocycles. The van der Waals surface area contributed by atoms with Gasteiger partial charge in [0, 0.05) is 16.6 Å². The lowest BCUT2D eigenvalue weighted by molar-refractivity contribution is -0.124. The number of aryl methyl sites for hydroxylation is 2. The van der Waals surface area contributed by atoms with Crippen LogP contribution in [0.15, 0.2) is 42.7 Å². The Morgan fingerprint density at radius 1 is 1.28 bits per heavy atom. The molecule has 2 aromatic carbocycles. The van der Waals surface area contributed by atoms with E-state index in [1.165, 1.54) is 13.3 Å². The van der Waals surface area contributed by atoms with E-state index in [1.54, 1.807) is 16.8 Å². The van der Waals surface area contributed by atoms with E-state index in [4.69, 9.17) is 17.7 Å². The van der Waals surface area contributed by atoms with Crippen LogP contribution >= 0.6 is 11.6 Å². The maximum Gasteiger partial charge on any atom is 0.247 e. The molecule has 1 N–H and O–H groups in total. The average molecular weight is 519 g/mol. The first-order valence-corrected chi connectivity index (χ1v) is 11.3. The van der Waals surface area contributed by atoms with Crippen molar-refractivity contribution in [1.29, 1.82) is 0 Å². The Kier molecular flexibility index (Phi) is 7.04. The van der Waals surface area contributed by atoms with Crippen LogP contribution in [-0.4, -0.2) is 32.1 Å². The van der Waals surface area contributed by atoms with Crippen molar-refractivity contribution in [2.45, 2.75) is 46.2 Å². The summed E-state index contributed by atoms with van der Waals surface area (Å²) in [7, 11) is 0. The monoisotopic (exact) mass is 518 g/mol. The number of alkyl halides is 2. The number of hydrogen-bond donors (Lipinski definition) is 1. The number of nitrogens with one attached hydrogen (secondary N) is 1. The van der Waals surface area contributed by atoms with Gasteiger partial charge in [-0.2, -0.15) is 5.10 Å². The third kappa shape index (κ3) is 5.43. The molecular formula is C25H23ClF3N5O2. The SMILES string of the molecule is [2H][C@@](C)(NC(=O)CC(F)F)c1cc(F)cc(Cl)c1COc1cccc2c(-n3ncnc3C)cc(C)nc12. The number of rotatable bonds is 8. The fourth-order valence-corrected chi connectivity index (χ4v) is 4.12. The number of halogens is 4. The zero-order valence-corrected chi connectivity index (χ0v) is 20.4. The number of pyridine rings is 1. The first kappa shape index (κ1) is 24.1. The molecule has 0 fully saturated rings. The number of amides is 1. The van der Waals surface area contributed by atoms with Crippen LogP contribution in [0, 0.1) is 19.7 Å². The summed E-state index contributed by atoms with van der Waals surface area (Å²) >= 11 is 6.31. The van der Waals surface area contributed by atoms with Gasteiger partial charge in [-0.15, -0.1) is 0 Å². The van der Waals surface area contributed by atoms with Crippen LogP contribution in [0.4, 0.5) is 13.2 Å². The van der Waals surface area contributed by atoms with Gasteiger partial charge in [0.2, 0.25) is 12.3 Å². The van der Waals surface area contributed by atoms with Gasteiger partial charge in [0.25, 0.3) is 0 Å². The third-order valence-electron chi connectivity index (χ3n) is 5.46. The summed E-state index contributed by atoms with van der Waals surface area (Å²) in [6.07, 6.45) is -2.52. The molecule has 0 unspecified atom stereocenters. The first-order chi connectivity index (χ1) is 17.5. The minimum Gasteiger partial charge on any atom is -0.487 e. The van der Waals surface area contributed by atoms with Crippen LogP contribution in [0.5, 0.6) is 5.75 Å². The summed E-state index contributed by atoms with van der Waals surface area (Å²) in [5.41, 5.74) is 2.18. The van der Waals surface area contributed by atoms with E-state index >= 15 is 0 Å². The van der Waals surface area contributed by atoms with Crippen molar-refractivity contribution < 1.29 is 24.1 Å². The largest absolute Gasteiger partial charge is 0.487 e. The molecule has 2 heterocycles. The topological polar surface area (TPSA) is 81.9 Å². The zero-order chi connectivity index (χ0) is 26.9. The van der Waals surface area contributed by atoms with Crippen LogP contribution in [0.1, 0.15) is 43.4 Å². The van der Waals surface area contributed by atoms with E-state index in [1.807, 2.05) is 26.0 Å². The normalized spacial score (nSPS) is 13.5. The van der Waals surface area contributed by atoms with Gasteiger partial charge in [-0.25, -0.2) is 27.8 Å². The molecule has 4 rings (SSSR count). The zero-order valence-electron chi connectivity index (χ0n) is 20.7. The fraction of sp³-hybridized carbons (Fsp3) is 0.280. The second-order valence-electron chi connectivity index (χ2n) is 8.12. The van der Waals surface area contributed by atoms with Gasteiger partial charge in [0.1, 0.15) is 35.8 Å². The number of para-hydroxylation sites is 1. The van der Waals surface area contributed by atoms with Crippen LogP contribution in [-0.2, 0) is 11.4 Å². The Bertz CT molecular complexity index is 1480. The van der Waals surface area contributed by atoms with Crippen molar-refractivity contribution in [3.05, 3.63) is 76.2 Å². The van der Waals surface area contributed by atoms with Crippen molar-refractivity contribution in [3.8, 4) is 11.4 Å². The minimum absolute atomic E-state index is 0.0246. The summed E-state index contributed by atoms with van der Waals surface area (Å²) in [6, 6.07) is 7.33. The van der Waals surface area contributed by atoms with Gasteiger partial charge in [-0.3, -0.25) is 4.79 Å². The molecule has 1 atom stereocenters. The fourth-order valence-electron chi connectivity index (χ4n) is 3.86. The summed E-state index contributed by atoms with van der Waals surface area (Å²) in [6.45, 7) is 4.69. The Hall–Kier alpha value is -3.66. The molecular weight excluding hydrogens is 495 g/mol. The first-order valence-electron chi connectivity index (χ1n) is 11.4. The van der Waals surface area contributed by atoms with Gasteiger partial charge < -0.3 is 10.1 Å². The van der Waals surface area contributed by atoms with Crippen molar-refractivity contribution in [2.75, 3.05) is 0 Å². The van der Waals surface area contributed by atoms with Crippen LogP contribution in [0.3, 0.4) is 0 Å². The van der Waals surface area contributed by atoms with E-state index < -0.39 is 30.6 Å². The second kappa shape index (κ2) is 10.5. The Morgan fingerprint density at radius 3 is 2.75 bits per heavy atom. The summed E-state index contributed by atoms with van der Waals surface area (Å²) in [5, 5.41) is 7.18. The van der Waals surface area contributed by atoms with Gasteiger partial charge in [0.15, 0.2) is 0 Å². The molecule has 0 aliphatic rings. The van der Waals surface area contributed by atoms with Crippen molar-refractivity contribution in [2.24, 2.45) is 0 Å². The Balaban J connectivity index is 1.71. The number of hydrogen-bond acceptors (Lipinski definition) is 5. The van der Waals surface area contributed by atoms with Crippen LogP contribution in [0.2, 0.25) is 5.02 Å². The third-order valence-corrected chi connectivity index (χ3v) is 5.80. The molecule has 0 saturated carbocycles. The molecule has 11 heteroatoms. The highest BCUT2D eigenvalue weighted by atomic mass is 35.5. The highest BCUT2D eigenvalue weighted by Crippen LogP contribution is 2.32. The van der Waals surface area contributed by atoms with E-state index in [2.05, 4.69) is 20.4 Å². The quantitative estimate of drug-likeness (QED) is 0.326. The van der Waals surface area contributed by atoms with E-state index in [9.17, 15) is 18.0 Å². The molecule has 188 valence electrons. The molecule has 4 aromatic rings. The lowest BCUT2D eigenvalue weighted by Crippen LogP contribution is -2.29. The molecule has 0 saturated heterocycles. The highest BCUT2D eigenvalue weighted by Gasteiger charge is 2.20. The van der Waals surface area contributed by atoms with Crippen molar-refractivity contribution in [3.63, 3.8) is 0 Å². The molecule has 0 radical (unpaired) electrons. The van der Waals surface area contributed by atoms with Crippen LogP contribution in [0.25, 0.3) is 16.6 Å². The number of aromatic nitrogens is 4. The van der Waals surface area contributed by atoms with Gasteiger partial charge in [-0.1, -0.05) is 23.7 Å². The standard InChI is InChI=1S/C25H23ClF3N5O2/c1-13-7-21(34-15(3)30-12-31-34)17-5-4-6-22(25(17)32-13)36-11-19-18(8-16(27)9-20(19)26)14(2)33-24(35)10-23(28)29/h4-9,12,14,23H,10-11H2,1-3H3,(H,33,35)/t14-/m0/s1/i14D. The van der Waals surface area contributed by atoms with Crippen LogP contribution < -0.4 is 10.1 Å². The predicted molar refractivity (Wildman–Crippen MR) is 129 cm³/mol. The lowest BCUT2D eigenvalue weighted by atomic mass is 10.0. The molecule has 0 spiro atoms.